The summed E-state index contributed by atoms with van der Waals surface area (Å²) in [6.45, 7) is 11.3. The Morgan fingerprint density at radius 2 is 0.914 bits per heavy atom. The van der Waals surface area contributed by atoms with E-state index in [0.29, 0.717) is 0 Å². The fraction of sp³-hybridized carbons (Fsp3) is 0.750. The fourth-order valence-electron chi connectivity index (χ4n) is 5.32. The molecule has 0 N–H and O–H groups in total. The van der Waals surface area contributed by atoms with Crippen LogP contribution in [-0.4, -0.2) is 18.5 Å². The molecule has 0 atom stereocenters. The van der Waals surface area contributed by atoms with Crippen molar-refractivity contribution in [2.45, 2.75) is 136 Å². The van der Waals surface area contributed by atoms with Crippen LogP contribution < -0.4 is 4.67 Å². The number of rotatable bonds is 24. The smallest absolute Gasteiger partial charge is 0.110 e. The Labute approximate surface area is 227 Å². The van der Waals surface area contributed by atoms with Crippen LogP contribution in [0.25, 0.3) is 0 Å². The third kappa shape index (κ3) is 15.4. The molecule has 0 saturated heterocycles. The van der Waals surface area contributed by atoms with Gasteiger partial charge in [0.25, 0.3) is 0 Å². The van der Waals surface area contributed by atoms with Crippen LogP contribution in [0.2, 0.25) is 0 Å². The average molecular weight is 525 g/mol. The van der Waals surface area contributed by atoms with Crippen molar-refractivity contribution >= 4 is 25.5 Å². The second-order valence-electron chi connectivity index (χ2n) is 10.4. The van der Waals surface area contributed by atoms with E-state index in [1.54, 1.807) is 0 Å². The first kappa shape index (κ1) is 34.5. The van der Waals surface area contributed by atoms with Crippen molar-refractivity contribution in [1.82, 2.24) is 0 Å². The van der Waals surface area contributed by atoms with Crippen molar-refractivity contribution in [1.29, 1.82) is 0 Å². The third-order valence-corrected chi connectivity index (χ3v) is 12.2. The molecule has 0 saturated carbocycles. The lowest BCUT2D eigenvalue weighted by molar-refractivity contribution is 0.615. The first-order chi connectivity index (χ1) is 16.7. The van der Waals surface area contributed by atoms with E-state index in [1.807, 2.05) is 0 Å². The number of nitrogens with zero attached hydrogens (tertiary/aromatic N) is 1. The Bertz CT molecular complexity index is 535. The highest BCUT2D eigenvalue weighted by Crippen LogP contribution is 2.65. The van der Waals surface area contributed by atoms with E-state index in [-0.39, 0.29) is 12.4 Å². The molecule has 1 rings (SSSR count). The highest BCUT2D eigenvalue weighted by atomic mass is 35.5. The quantitative estimate of drug-likeness (QED) is 0.0959. The van der Waals surface area contributed by atoms with Gasteiger partial charge in [0.1, 0.15) is 7.41 Å². The highest BCUT2D eigenvalue weighted by Gasteiger charge is 2.42. The Balaban J connectivity index is 0.0000116. The summed E-state index contributed by atoms with van der Waals surface area (Å²) in [6, 6.07) is 11.2. The van der Waals surface area contributed by atoms with E-state index in [2.05, 4.69) is 68.6 Å². The van der Waals surface area contributed by atoms with E-state index in [1.165, 1.54) is 140 Å². The van der Waals surface area contributed by atoms with E-state index in [0.717, 1.165) is 0 Å². The first-order valence-corrected chi connectivity index (χ1v) is 17.4. The van der Waals surface area contributed by atoms with Gasteiger partial charge >= 0.3 is 0 Å². The van der Waals surface area contributed by atoms with Crippen LogP contribution in [-0.2, 0) is 0 Å². The molecule has 0 aromatic heterocycles. The van der Waals surface area contributed by atoms with Crippen molar-refractivity contribution in [2.24, 2.45) is 0 Å². The Morgan fingerprint density at radius 3 is 1.26 bits per heavy atom. The molecule has 35 heavy (non-hydrogen) atoms. The SMILES string of the molecule is C=CN(c1ccccc1)[P+](CCCCCCCC)(CCCCCCCC)CCCCCCCC.Cl. The van der Waals surface area contributed by atoms with Gasteiger partial charge in [-0.15, -0.1) is 12.4 Å². The average Bonchev–Trinajstić information content (AvgIpc) is 2.86. The standard InChI is InChI=1S/C32H59NP.ClH/c1-5-9-12-15-18-24-29-34(30-25-19-16-13-10-6-2,31-26-20-17-14-11-7-3)33(8-4)32-27-22-21-23-28-32;/h8,21-23,27-28H,4-7,9-20,24-26,29-31H2,1-3H3;1H/q+1;. The lowest BCUT2D eigenvalue weighted by atomic mass is 10.1. The number of benzene rings is 1. The van der Waals surface area contributed by atoms with Gasteiger partial charge in [-0.2, -0.15) is 0 Å². The molecule has 0 bridgehead atoms. The summed E-state index contributed by atoms with van der Waals surface area (Å²) in [5.41, 5.74) is 1.38. The minimum absolute atomic E-state index is 0. The van der Waals surface area contributed by atoms with E-state index < -0.39 is 7.41 Å². The van der Waals surface area contributed by atoms with Gasteiger partial charge in [0.05, 0.1) is 24.2 Å². The molecule has 1 aromatic carbocycles. The second-order valence-corrected chi connectivity index (χ2v) is 14.4. The van der Waals surface area contributed by atoms with Crippen molar-refractivity contribution in [2.75, 3.05) is 23.2 Å². The lowest BCUT2D eigenvalue weighted by Crippen LogP contribution is -2.26. The molecule has 0 aliphatic heterocycles. The predicted octanol–water partition coefficient (Wildman–Crippen LogP) is 12.1. The summed E-state index contributed by atoms with van der Waals surface area (Å²) in [4.78, 5) is 0. The molecule has 3 heteroatoms. The molecule has 0 aliphatic carbocycles. The van der Waals surface area contributed by atoms with Crippen LogP contribution in [0, 0.1) is 0 Å². The number of hydrogen-bond acceptors (Lipinski definition) is 1. The number of unbranched alkanes of at least 4 members (excludes halogenated alkanes) is 15. The van der Waals surface area contributed by atoms with E-state index >= 15 is 0 Å². The number of para-hydroxylation sites is 1. The van der Waals surface area contributed by atoms with Crippen LogP contribution >= 0.6 is 19.8 Å². The Kier molecular flexibility index (Phi) is 23.5. The van der Waals surface area contributed by atoms with Crippen molar-refractivity contribution in [3.05, 3.63) is 43.1 Å². The zero-order valence-electron chi connectivity index (χ0n) is 23.8. The Hall–Kier alpha value is -0.520. The zero-order chi connectivity index (χ0) is 24.7. The highest BCUT2D eigenvalue weighted by molar-refractivity contribution is 7.77. The van der Waals surface area contributed by atoms with Crippen LogP contribution in [0.5, 0.6) is 0 Å². The molecule has 1 nitrogen and oxygen atoms in total. The van der Waals surface area contributed by atoms with E-state index in [9.17, 15) is 0 Å². The van der Waals surface area contributed by atoms with Crippen molar-refractivity contribution in [3.8, 4) is 0 Å². The number of anilines is 1. The fourth-order valence-corrected chi connectivity index (χ4v) is 10.0. The molecule has 0 heterocycles. The van der Waals surface area contributed by atoms with Gasteiger partial charge in [-0.1, -0.05) is 123 Å². The summed E-state index contributed by atoms with van der Waals surface area (Å²) in [7, 11) is -1.28. The number of hydrogen-bond donors (Lipinski definition) is 0. The van der Waals surface area contributed by atoms with E-state index in [4.69, 9.17) is 0 Å². The second kappa shape index (κ2) is 23.9. The summed E-state index contributed by atoms with van der Waals surface area (Å²) in [5, 5.41) is 0. The molecule has 204 valence electrons. The maximum Gasteiger partial charge on any atom is 0.110 e. The van der Waals surface area contributed by atoms with Gasteiger partial charge in [0.2, 0.25) is 0 Å². The molecular formula is C32H60ClNP+. The lowest BCUT2D eigenvalue weighted by Gasteiger charge is -2.37. The molecule has 1 aromatic rings. The largest absolute Gasteiger partial charge is 0.227 e. The molecule has 0 aliphatic rings. The summed E-state index contributed by atoms with van der Waals surface area (Å²) >= 11 is 0. The molecule has 0 fully saturated rings. The summed E-state index contributed by atoms with van der Waals surface area (Å²) < 4.78 is 2.71. The minimum Gasteiger partial charge on any atom is -0.227 e. The molecule has 0 unspecified atom stereocenters. The third-order valence-electron chi connectivity index (χ3n) is 7.43. The van der Waals surface area contributed by atoms with Crippen LogP contribution in [0.3, 0.4) is 0 Å². The minimum atomic E-state index is -1.28. The Morgan fingerprint density at radius 1 is 0.571 bits per heavy atom. The molecule has 0 amide bonds. The summed E-state index contributed by atoms with van der Waals surface area (Å²) in [6.07, 6.45) is 31.6. The topological polar surface area (TPSA) is 3.24 Å². The molecule has 0 radical (unpaired) electrons. The van der Waals surface area contributed by atoms with Gasteiger partial charge in [-0.05, 0) is 50.7 Å². The molecular weight excluding hydrogens is 465 g/mol. The van der Waals surface area contributed by atoms with Crippen molar-refractivity contribution in [3.63, 3.8) is 0 Å². The van der Waals surface area contributed by atoms with Crippen molar-refractivity contribution < 1.29 is 0 Å². The summed E-state index contributed by atoms with van der Waals surface area (Å²) in [5.74, 6) is 0. The monoisotopic (exact) mass is 524 g/mol. The maximum atomic E-state index is 4.36. The van der Waals surface area contributed by atoms with Gasteiger partial charge in [0, 0.05) is 6.20 Å². The van der Waals surface area contributed by atoms with Gasteiger partial charge in [-0.3, -0.25) is 0 Å². The zero-order valence-corrected chi connectivity index (χ0v) is 25.5. The van der Waals surface area contributed by atoms with Gasteiger partial charge in [0.15, 0.2) is 0 Å². The van der Waals surface area contributed by atoms with Crippen LogP contribution in [0.15, 0.2) is 43.1 Å². The normalized spacial score (nSPS) is 11.3. The van der Waals surface area contributed by atoms with Crippen LogP contribution in [0.1, 0.15) is 136 Å². The van der Waals surface area contributed by atoms with Crippen LogP contribution in [0.4, 0.5) is 5.69 Å². The predicted molar refractivity (Wildman–Crippen MR) is 168 cm³/mol. The maximum absolute atomic E-state index is 4.36. The molecule has 0 spiro atoms. The van der Waals surface area contributed by atoms with Gasteiger partial charge < -0.3 is 0 Å². The first-order valence-electron chi connectivity index (χ1n) is 15.1. The van der Waals surface area contributed by atoms with Gasteiger partial charge in [-0.25, -0.2) is 4.67 Å². The number of halogens is 1.